The molecule has 0 unspecified atom stereocenters. The number of likely N-dealkylation sites (tertiary alicyclic amines) is 1. The topological polar surface area (TPSA) is 47.8 Å². The van der Waals surface area contributed by atoms with Gasteiger partial charge in [0.15, 0.2) is 0 Å². The van der Waals surface area contributed by atoms with Crippen LogP contribution in [0.3, 0.4) is 0 Å². The second-order valence-electron chi connectivity index (χ2n) is 3.46. The van der Waals surface area contributed by atoms with E-state index in [0.717, 1.165) is 32.2 Å². The highest BCUT2D eigenvalue weighted by atomic mass is 32.2. The van der Waals surface area contributed by atoms with E-state index in [1.165, 1.54) is 4.90 Å². The fraction of sp³-hybridized carbons (Fsp3) is 1.00. The van der Waals surface area contributed by atoms with Crippen molar-refractivity contribution in [2.45, 2.75) is 18.9 Å². The molecule has 1 heterocycles. The highest BCUT2D eigenvalue weighted by Gasteiger charge is 2.22. The van der Waals surface area contributed by atoms with Gasteiger partial charge >= 0.3 is 0 Å². The van der Waals surface area contributed by atoms with E-state index in [1.54, 1.807) is 0 Å². The second kappa shape index (κ2) is 3.72. The maximum Gasteiger partial charge on any atom is 0.264 e. The van der Waals surface area contributed by atoms with Gasteiger partial charge in [-0.15, -0.1) is 0 Å². The molecule has 12 heavy (non-hydrogen) atoms. The molecule has 1 saturated heterocycles. The van der Waals surface area contributed by atoms with Gasteiger partial charge in [0.25, 0.3) is 10.1 Å². The van der Waals surface area contributed by atoms with Crippen LogP contribution in [0.2, 0.25) is 0 Å². The summed E-state index contributed by atoms with van der Waals surface area (Å²) in [4.78, 5) is 1.45. The highest BCUT2D eigenvalue weighted by Crippen LogP contribution is 2.07. The minimum absolute atomic E-state index is 0.0799. The van der Waals surface area contributed by atoms with Crippen molar-refractivity contribution < 1.29 is 17.5 Å². The summed E-state index contributed by atoms with van der Waals surface area (Å²) in [6.07, 6.45) is 2.72. The molecule has 0 atom stereocenters. The summed E-state index contributed by atoms with van der Waals surface area (Å²) in [7, 11) is -1.14. The van der Waals surface area contributed by atoms with Crippen LogP contribution >= 0.6 is 0 Å². The molecular weight excluding hydrogens is 178 g/mol. The number of hydrogen-bond donors (Lipinski definition) is 1. The molecule has 4 nitrogen and oxygen atoms in total. The summed E-state index contributed by atoms with van der Waals surface area (Å²) in [6.45, 7) is 2.00. The number of hydrogen-bond acceptors (Lipinski definition) is 3. The van der Waals surface area contributed by atoms with Gasteiger partial charge in [0.05, 0.1) is 32.5 Å². The van der Waals surface area contributed by atoms with E-state index in [-0.39, 0.29) is 6.10 Å². The maximum absolute atomic E-state index is 10.8. The molecule has 1 fully saturated rings. The van der Waals surface area contributed by atoms with Gasteiger partial charge in [0.2, 0.25) is 0 Å². The fourth-order valence-electron chi connectivity index (χ4n) is 1.43. The van der Waals surface area contributed by atoms with E-state index in [9.17, 15) is 8.42 Å². The van der Waals surface area contributed by atoms with Crippen molar-refractivity contribution in [2.24, 2.45) is 0 Å². The van der Waals surface area contributed by atoms with Gasteiger partial charge < -0.3 is 4.90 Å². The van der Waals surface area contributed by atoms with E-state index in [4.69, 9.17) is 4.18 Å². The minimum Gasteiger partial charge on any atom is -0.337 e. The van der Waals surface area contributed by atoms with Gasteiger partial charge in [-0.3, -0.25) is 4.18 Å². The molecule has 1 rings (SSSR count). The largest absolute Gasteiger partial charge is 0.337 e. The van der Waals surface area contributed by atoms with Crippen LogP contribution in [0.1, 0.15) is 12.8 Å². The normalized spacial score (nSPS) is 31.8. The third kappa shape index (κ3) is 3.51. The Morgan fingerprint density at radius 3 is 2.25 bits per heavy atom. The zero-order valence-corrected chi connectivity index (χ0v) is 8.36. The Morgan fingerprint density at radius 2 is 1.83 bits per heavy atom. The molecule has 0 amide bonds. The van der Waals surface area contributed by atoms with Gasteiger partial charge in [0.1, 0.15) is 0 Å². The number of quaternary nitrogens is 1. The van der Waals surface area contributed by atoms with Crippen LogP contribution in [0.4, 0.5) is 0 Å². The van der Waals surface area contributed by atoms with Gasteiger partial charge in [0, 0.05) is 12.8 Å². The monoisotopic (exact) mass is 194 g/mol. The Kier molecular flexibility index (Phi) is 3.09. The quantitative estimate of drug-likeness (QED) is 0.552. The predicted molar refractivity (Wildman–Crippen MR) is 45.6 cm³/mol. The summed E-state index contributed by atoms with van der Waals surface area (Å²) in [6, 6.07) is 0. The Hall–Kier alpha value is -0.130. The van der Waals surface area contributed by atoms with E-state index in [2.05, 4.69) is 7.05 Å². The lowest BCUT2D eigenvalue weighted by Gasteiger charge is -2.25. The number of nitrogens with one attached hydrogen (secondary N) is 1. The zero-order chi connectivity index (χ0) is 9.19. The average molecular weight is 194 g/mol. The molecule has 0 aromatic rings. The molecule has 1 aliphatic rings. The van der Waals surface area contributed by atoms with Crippen LogP contribution < -0.4 is 4.90 Å². The Morgan fingerprint density at radius 1 is 1.33 bits per heavy atom. The molecule has 5 heteroatoms. The molecule has 0 aromatic carbocycles. The van der Waals surface area contributed by atoms with Crippen molar-refractivity contribution in [1.29, 1.82) is 0 Å². The summed E-state index contributed by atoms with van der Waals surface area (Å²) in [5.41, 5.74) is 0. The van der Waals surface area contributed by atoms with Crippen molar-refractivity contribution in [3.05, 3.63) is 0 Å². The first-order valence-corrected chi connectivity index (χ1v) is 5.98. The molecule has 0 bridgehead atoms. The molecule has 0 spiro atoms. The van der Waals surface area contributed by atoms with E-state index in [1.807, 2.05) is 0 Å². The van der Waals surface area contributed by atoms with Crippen molar-refractivity contribution in [3.8, 4) is 0 Å². The van der Waals surface area contributed by atoms with Crippen molar-refractivity contribution in [3.63, 3.8) is 0 Å². The van der Waals surface area contributed by atoms with Crippen LogP contribution in [-0.2, 0) is 14.3 Å². The molecule has 0 aromatic heterocycles. The van der Waals surface area contributed by atoms with E-state index >= 15 is 0 Å². The van der Waals surface area contributed by atoms with Crippen molar-refractivity contribution in [2.75, 3.05) is 26.4 Å². The average Bonchev–Trinajstić information content (AvgIpc) is 1.91. The van der Waals surface area contributed by atoms with E-state index < -0.39 is 10.1 Å². The Balaban J connectivity index is 2.36. The van der Waals surface area contributed by atoms with Gasteiger partial charge in [-0.2, -0.15) is 8.42 Å². The number of piperidine rings is 1. The Labute approximate surface area is 73.6 Å². The predicted octanol–water partition coefficient (Wildman–Crippen LogP) is -1.36. The lowest BCUT2D eigenvalue weighted by Crippen LogP contribution is -3.10. The Bertz CT molecular complexity index is 229. The smallest absolute Gasteiger partial charge is 0.264 e. The van der Waals surface area contributed by atoms with Gasteiger partial charge in [-0.25, -0.2) is 0 Å². The molecular formula is C7H16NO3S+. The first-order chi connectivity index (χ1) is 5.47. The third-order valence-electron chi connectivity index (χ3n) is 2.10. The van der Waals surface area contributed by atoms with Crippen LogP contribution in [0.15, 0.2) is 0 Å². The van der Waals surface area contributed by atoms with Crippen LogP contribution in [0.5, 0.6) is 0 Å². The molecule has 0 saturated carbocycles. The van der Waals surface area contributed by atoms with E-state index in [0.29, 0.717) is 0 Å². The van der Waals surface area contributed by atoms with Gasteiger partial charge in [-0.1, -0.05) is 0 Å². The first kappa shape index (κ1) is 9.95. The second-order valence-corrected chi connectivity index (χ2v) is 5.06. The maximum atomic E-state index is 10.8. The SMILES string of the molecule is C[NH+]1CCC(OS(C)(=O)=O)CC1. The fourth-order valence-corrected chi connectivity index (χ4v) is 2.11. The lowest BCUT2D eigenvalue weighted by molar-refractivity contribution is -0.885. The summed E-state index contributed by atoms with van der Waals surface area (Å²) < 4.78 is 26.4. The summed E-state index contributed by atoms with van der Waals surface area (Å²) >= 11 is 0. The zero-order valence-electron chi connectivity index (χ0n) is 7.54. The number of rotatable bonds is 2. The third-order valence-corrected chi connectivity index (χ3v) is 2.72. The molecule has 0 aliphatic carbocycles. The van der Waals surface area contributed by atoms with Crippen molar-refractivity contribution in [1.82, 2.24) is 0 Å². The minimum atomic E-state index is -3.25. The molecule has 1 aliphatic heterocycles. The van der Waals surface area contributed by atoms with Gasteiger partial charge in [-0.05, 0) is 0 Å². The summed E-state index contributed by atoms with van der Waals surface area (Å²) in [5.74, 6) is 0. The first-order valence-electron chi connectivity index (χ1n) is 4.17. The molecule has 0 radical (unpaired) electrons. The van der Waals surface area contributed by atoms with Crippen LogP contribution in [0, 0.1) is 0 Å². The lowest BCUT2D eigenvalue weighted by atomic mass is 10.1. The molecule has 1 N–H and O–H groups in total. The highest BCUT2D eigenvalue weighted by molar-refractivity contribution is 7.86. The van der Waals surface area contributed by atoms with Crippen molar-refractivity contribution >= 4 is 10.1 Å². The van der Waals surface area contributed by atoms with Crippen LogP contribution in [0.25, 0.3) is 0 Å². The summed E-state index contributed by atoms with van der Waals surface area (Å²) in [5, 5.41) is 0. The standard InChI is InChI=1S/C7H15NO3S/c1-8-5-3-7(4-6-8)11-12(2,9)10/h7H,3-6H2,1-2H3/p+1. The molecule has 72 valence electrons. The van der Waals surface area contributed by atoms with Crippen LogP contribution in [-0.4, -0.2) is 40.9 Å².